The molecule has 0 saturated heterocycles. The van der Waals surface area contributed by atoms with Crippen LogP contribution in [0.3, 0.4) is 0 Å². The van der Waals surface area contributed by atoms with Crippen LogP contribution in [-0.4, -0.2) is 21.8 Å². The zero-order chi connectivity index (χ0) is 9.33. The van der Waals surface area contributed by atoms with Crippen molar-refractivity contribution in [1.29, 1.82) is 0 Å². The Hall–Kier alpha value is -0.0900. The van der Waals surface area contributed by atoms with Crippen molar-refractivity contribution in [2.24, 2.45) is 0 Å². The summed E-state index contributed by atoms with van der Waals surface area (Å²) in [5, 5.41) is 0. The van der Waals surface area contributed by atoms with Gasteiger partial charge < -0.3 is 0 Å². The van der Waals surface area contributed by atoms with E-state index in [1.165, 1.54) is 19.3 Å². The normalized spacial score (nSPS) is 10.2. The van der Waals surface area contributed by atoms with Gasteiger partial charge in [-0.25, -0.2) is 0 Å². The third kappa shape index (κ3) is 25.7. The molecule has 0 amide bonds. The van der Waals surface area contributed by atoms with Gasteiger partial charge in [-0.05, 0) is 0 Å². The molecule has 0 heterocycles. The smallest absolute Gasteiger partial charge is 0.264 e. The Morgan fingerprint density at radius 3 is 1.45 bits per heavy atom. The summed E-state index contributed by atoms with van der Waals surface area (Å²) in [6.07, 6.45) is 5.07. The molecule has 0 bridgehead atoms. The monoisotopic (exact) mass is 182 g/mol. The number of hydrogen-bond donors (Lipinski definition) is 0. The number of unbranched alkanes of at least 4 members (excludes halogenated alkanes) is 2. The minimum atomic E-state index is -3.16. The molecule has 0 N–H and O–H groups in total. The molecule has 0 spiro atoms. The second kappa shape index (κ2) is 8.01. The summed E-state index contributed by atoms with van der Waals surface area (Å²) < 4.78 is 23.5. The first-order chi connectivity index (χ1) is 4.97. The molecule has 0 aromatic carbocycles. The van der Waals surface area contributed by atoms with E-state index in [9.17, 15) is 8.42 Å². The molecular formula is C7H18O3S. The molecule has 0 unspecified atom stereocenters. The molecule has 0 rings (SSSR count). The standard InChI is InChI=1S/C5H12.C2H6O3S/c1-3-5-4-2;1-5-6(2,3)4/h3-5H2,1-2H3;1-2H3. The zero-order valence-electron chi connectivity index (χ0n) is 7.75. The molecular weight excluding hydrogens is 164 g/mol. The maximum atomic E-state index is 9.78. The highest BCUT2D eigenvalue weighted by Crippen LogP contribution is 1.88. The minimum absolute atomic E-state index is 0.993. The Morgan fingerprint density at radius 1 is 1.18 bits per heavy atom. The average molecular weight is 182 g/mol. The van der Waals surface area contributed by atoms with Gasteiger partial charge in [-0.3, -0.25) is 4.18 Å². The quantitative estimate of drug-likeness (QED) is 0.625. The van der Waals surface area contributed by atoms with Gasteiger partial charge in [-0.1, -0.05) is 33.1 Å². The molecule has 0 fully saturated rings. The Balaban J connectivity index is 0. The maximum absolute atomic E-state index is 9.78. The first-order valence-corrected chi connectivity index (χ1v) is 5.55. The van der Waals surface area contributed by atoms with Crippen molar-refractivity contribution in [3.05, 3.63) is 0 Å². The molecule has 11 heavy (non-hydrogen) atoms. The van der Waals surface area contributed by atoms with Crippen LogP contribution in [0.2, 0.25) is 0 Å². The van der Waals surface area contributed by atoms with E-state index in [2.05, 4.69) is 18.0 Å². The summed E-state index contributed by atoms with van der Waals surface area (Å²) in [7, 11) is -2.04. The van der Waals surface area contributed by atoms with Crippen LogP contribution in [0.15, 0.2) is 0 Å². The molecule has 4 heteroatoms. The molecule has 0 atom stereocenters. The van der Waals surface area contributed by atoms with Crippen LogP contribution in [-0.2, 0) is 14.3 Å². The number of hydrogen-bond acceptors (Lipinski definition) is 3. The molecule has 0 radical (unpaired) electrons. The minimum Gasteiger partial charge on any atom is -0.274 e. The lowest BCUT2D eigenvalue weighted by Gasteiger charge is -1.84. The second-order valence-electron chi connectivity index (χ2n) is 2.22. The lowest BCUT2D eigenvalue weighted by molar-refractivity contribution is 0.403. The van der Waals surface area contributed by atoms with Gasteiger partial charge in [0.05, 0.1) is 13.4 Å². The highest BCUT2D eigenvalue weighted by Gasteiger charge is 1.90. The fraction of sp³-hybridized carbons (Fsp3) is 1.00. The predicted octanol–water partition coefficient (Wildman–Crippen LogP) is 1.79. The van der Waals surface area contributed by atoms with Crippen LogP contribution in [0.25, 0.3) is 0 Å². The summed E-state index contributed by atoms with van der Waals surface area (Å²) in [5.41, 5.74) is 0. The predicted molar refractivity (Wildman–Crippen MR) is 47.1 cm³/mol. The van der Waals surface area contributed by atoms with Gasteiger partial charge in [0.15, 0.2) is 0 Å². The van der Waals surface area contributed by atoms with Gasteiger partial charge in [0.25, 0.3) is 10.1 Å². The van der Waals surface area contributed by atoms with Crippen LogP contribution >= 0.6 is 0 Å². The molecule has 0 aliphatic rings. The van der Waals surface area contributed by atoms with Gasteiger partial charge >= 0.3 is 0 Å². The summed E-state index contributed by atoms with van der Waals surface area (Å²) >= 11 is 0. The van der Waals surface area contributed by atoms with E-state index in [0.29, 0.717) is 0 Å². The van der Waals surface area contributed by atoms with Crippen molar-refractivity contribution in [1.82, 2.24) is 0 Å². The lowest BCUT2D eigenvalue weighted by atomic mass is 10.3. The zero-order valence-corrected chi connectivity index (χ0v) is 8.57. The third-order valence-corrected chi connectivity index (χ3v) is 1.62. The Morgan fingerprint density at radius 2 is 1.45 bits per heavy atom. The fourth-order valence-electron chi connectivity index (χ4n) is 0.354. The summed E-state index contributed by atoms with van der Waals surface area (Å²) in [6.45, 7) is 4.42. The van der Waals surface area contributed by atoms with Crippen molar-refractivity contribution in [3.63, 3.8) is 0 Å². The Labute approximate surface area is 69.9 Å². The van der Waals surface area contributed by atoms with Crippen molar-refractivity contribution < 1.29 is 12.6 Å². The summed E-state index contributed by atoms with van der Waals surface area (Å²) in [4.78, 5) is 0. The van der Waals surface area contributed by atoms with Crippen LogP contribution in [0, 0.1) is 0 Å². The largest absolute Gasteiger partial charge is 0.274 e. The van der Waals surface area contributed by atoms with Gasteiger partial charge in [-0.2, -0.15) is 8.42 Å². The van der Waals surface area contributed by atoms with E-state index in [0.717, 1.165) is 13.4 Å². The van der Waals surface area contributed by atoms with E-state index in [1.807, 2.05) is 0 Å². The van der Waals surface area contributed by atoms with E-state index in [1.54, 1.807) is 0 Å². The molecule has 3 nitrogen and oxygen atoms in total. The molecule has 0 saturated carbocycles. The van der Waals surface area contributed by atoms with E-state index >= 15 is 0 Å². The number of rotatable bonds is 3. The van der Waals surface area contributed by atoms with E-state index in [-0.39, 0.29) is 0 Å². The van der Waals surface area contributed by atoms with Crippen molar-refractivity contribution in [3.8, 4) is 0 Å². The Bertz CT molecular complexity index is 147. The van der Waals surface area contributed by atoms with Gasteiger partial charge in [-0.15, -0.1) is 0 Å². The van der Waals surface area contributed by atoms with Gasteiger partial charge in [0.2, 0.25) is 0 Å². The van der Waals surface area contributed by atoms with Crippen molar-refractivity contribution in [2.45, 2.75) is 33.1 Å². The van der Waals surface area contributed by atoms with Gasteiger partial charge in [0.1, 0.15) is 0 Å². The highest BCUT2D eigenvalue weighted by molar-refractivity contribution is 7.85. The molecule has 70 valence electrons. The molecule has 0 aromatic rings. The first kappa shape index (κ1) is 13.5. The van der Waals surface area contributed by atoms with E-state index in [4.69, 9.17) is 0 Å². The molecule has 0 aromatic heterocycles. The molecule has 0 aliphatic heterocycles. The third-order valence-electron chi connectivity index (χ3n) is 1.01. The Kier molecular flexibility index (Phi) is 9.83. The lowest BCUT2D eigenvalue weighted by Crippen LogP contribution is -1.95. The fourth-order valence-corrected chi connectivity index (χ4v) is 0.354. The SMILES string of the molecule is CCCCC.COS(C)(=O)=O. The average Bonchev–Trinajstić information content (AvgIpc) is 1.90. The summed E-state index contributed by atoms with van der Waals surface area (Å²) in [6, 6.07) is 0. The molecule has 0 aliphatic carbocycles. The second-order valence-corrected chi connectivity index (χ2v) is 3.97. The summed E-state index contributed by atoms with van der Waals surface area (Å²) in [5.74, 6) is 0. The van der Waals surface area contributed by atoms with Crippen molar-refractivity contribution >= 4 is 10.1 Å². The maximum Gasteiger partial charge on any atom is 0.264 e. The van der Waals surface area contributed by atoms with Crippen LogP contribution in [0.4, 0.5) is 0 Å². The van der Waals surface area contributed by atoms with E-state index < -0.39 is 10.1 Å². The highest BCUT2D eigenvalue weighted by atomic mass is 32.2. The topological polar surface area (TPSA) is 43.4 Å². The first-order valence-electron chi connectivity index (χ1n) is 3.73. The van der Waals surface area contributed by atoms with Crippen LogP contribution in [0.5, 0.6) is 0 Å². The van der Waals surface area contributed by atoms with Gasteiger partial charge in [0, 0.05) is 0 Å². The van der Waals surface area contributed by atoms with Crippen LogP contribution in [0.1, 0.15) is 33.1 Å². The van der Waals surface area contributed by atoms with Crippen molar-refractivity contribution in [2.75, 3.05) is 13.4 Å². The van der Waals surface area contributed by atoms with Crippen LogP contribution < -0.4 is 0 Å².